The largest absolute Gasteiger partial charge is 0.494 e. The van der Waals surface area contributed by atoms with E-state index < -0.39 is 5.91 Å². The maximum absolute atomic E-state index is 12.7. The van der Waals surface area contributed by atoms with Crippen LogP contribution in [0.15, 0.2) is 64.0 Å². The molecule has 1 amide bonds. The summed E-state index contributed by atoms with van der Waals surface area (Å²) >= 11 is 0. The molecule has 0 saturated heterocycles. The number of aromatic amines is 1. The number of anilines is 1. The fourth-order valence-electron chi connectivity index (χ4n) is 3.28. The number of rotatable bonds is 10. The quantitative estimate of drug-likeness (QED) is 0.368. The Balaban J connectivity index is 1.55. The number of carbonyl (C=O) groups excluding carboxylic acids is 1. The van der Waals surface area contributed by atoms with Gasteiger partial charge in [-0.05, 0) is 49.7 Å². The number of amides is 1. The molecule has 176 valence electrons. The van der Waals surface area contributed by atoms with E-state index in [0.29, 0.717) is 41.7 Å². The Morgan fingerprint density at radius 3 is 2.56 bits per heavy atom. The van der Waals surface area contributed by atoms with Gasteiger partial charge < -0.3 is 19.2 Å². The van der Waals surface area contributed by atoms with Crippen LogP contribution in [0.1, 0.15) is 26.0 Å². The average Bonchev–Trinajstić information content (AvgIpc) is 3.49. The number of aryl methyl sites for hydroxylation is 1. The van der Waals surface area contributed by atoms with Crippen LogP contribution in [0.2, 0.25) is 0 Å². The van der Waals surface area contributed by atoms with E-state index in [2.05, 4.69) is 20.4 Å². The van der Waals surface area contributed by atoms with E-state index in [0.717, 1.165) is 12.2 Å². The summed E-state index contributed by atoms with van der Waals surface area (Å²) < 4.78 is 17.8. The van der Waals surface area contributed by atoms with E-state index in [1.807, 2.05) is 13.8 Å². The topological polar surface area (TPSA) is 124 Å². The first-order valence-electron chi connectivity index (χ1n) is 11.0. The molecule has 34 heavy (non-hydrogen) atoms. The van der Waals surface area contributed by atoms with Crippen molar-refractivity contribution in [3.63, 3.8) is 0 Å². The summed E-state index contributed by atoms with van der Waals surface area (Å²) in [6, 6.07) is 13.6. The highest BCUT2D eigenvalue weighted by Gasteiger charge is 2.17. The summed E-state index contributed by atoms with van der Waals surface area (Å²) in [5, 5.41) is 7.26. The number of nitrogens with zero attached hydrogens (tertiary/aromatic N) is 3. The number of benzene rings is 1. The number of carbonyl (C=O) groups is 1. The van der Waals surface area contributed by atoms with Crippen LogP contribution in [0, 0.1) is 0 Å². The zero-order valence-electron chi connectivity index (χ0n) is 18.9. The molecule has 0 fully saturated rings. The van der Waals surface area contributed by atoms with E-state index in [1.54, 1.807) is 42.5 Å². The second kappa shape index (κ2) is 10.5. The van der Waals surface area contributed by atoms with Crippen molar-refractivity contribution in [3.05, 3.63) is 70.8 Å². The summed E-state index contributed by atoms with van der Waals surface area (Å²) in [5.41, 5.74) is 0.795. The lowest BCUT2D eigenvalue weighted by Crippen LogP contribution is -2.23. The van der Waals surface area contributed by atoms with E-state index in [4.69, 9.17) is 13.9 Å². The number of nitrogens with one attached hydrogen (secondary N) is 2. The molecular weight excluding hydrogens is 438 g/mol. The summed E-state index contributed by atoms with van der Waals surface area (Å²) in [7, 11) is 0. The number of hydrogen-bond donors (Lipinski definition) is 2. The zero-order chi connectivity index (χ0) is 23.9. The molecule has 2 N–H and O–H groups in total. The number of furan rings is 1. The lowest BCUT2D eigenvalue weighted by molar-refractivity contribution is -0.118. The molecule has 0 unspecified atom stereocenters. The third kappa shape index (κ3) is 5.52. The fraction of sp³-hybridized carbons (Fsp3) is 0.250. The molecule has 4 aromatic rings. The van der Waals surface area contributed by atoms with E-state index in [9.17, 15) is 9.59 Å². The van der Waals surface area contributed by atoms with E-state index in [-0.39, 0.29) is 18.1 Å². The van der Waals surface area contributed by atoms with Crippen LogP contribution in [-0.2, 0) is 11.2 Å². The van der Waals surface area contributed by atoms with Gasteiger partial charge >= 0.3 is 0 Å². The molecule has 0 aliphatic heterocycles. The van der Waals surface area contributed by atoms with Crippen molar-refractivity contribution in [2.45, 2.75) is 26.7 Å². The molecule has 0 saturated carbocycles. The molecule has 3 aromatic heterocycles. The molecule has 10 heteroatoms. The van der Waals surface area contributed by atoms with Crippen molar-refractivity contribution in [1.82, 2.24) is 19.7 Å². The summed E-state index contributed by atoms with van der Waals surface area (Å²) in [5.74, 6) is 1.85. The van der Waals surface area contributed by atoms with Gasteiger partial charge in [-0.2, -0.15) is 9.78 Å². The predicted molar refractivity (Wildman–Crippen MR) is 125 cm³/mol. The van der Waals surface area contributed by atoms with Gasteiger partial charge in [-0.3, -0.25) is 14.6 Å². The van der Waals surface area contributed by atoms with E-state index in [1.165, 1.54) is 17.0 Å². The normalized spacial score (nSPS) is 10.8. The molecule has 0 aliphatic carbocycles. The van der Waals surface area contributed by atoms with Crippen LogP contribution < -0.4 is 20.3 Å². The number of aromatic nitrogens is 4. The van der Waals surface area contributed by atoms with Crippen molar-refractivity contribution in [1.29, 1.82) is 0 Å². The van der Waals surface area contributed by atoms with E-state index >= 15 is 0 Å². The standard InChI is InChI=1S/C24H25N5O5/c1-3-6-16-13-22(30)27-24(25-16)29-21(14-19(28-29)20-7-5-12-33-20)26-23(31)15-34-18-10-8-17(9-11-18)32-4-2/h5,7-14H,3-4,6,15H2,1-2H3,(H,26,31)(H,25,27,30). The van der Waals surface area contributed by atoms with Gasteiger partial charge in [-0.1, -0.05) is 13.3 Å². The SMILES string of the molecule is CCCc1cc(=O)[nH]c(-n2nc(-c3ccco3)cc2NC(=O)COc2ccc(OCC)cc2)n1. The highest BCUT2D eigenvalue weighted by atomic mass is 16.5. The van der Waals surface area contributed by atoms with Crippen molar-refractivity contribution in [3.8, 4) is 28.9 Å². The molecule has 1 aromatic carbocycles. The molecule has 0 bridgehead atoms. The van der Waals surface area contributed by atoms with Crippen LogP contribution in [0.25, 0.3) is 17.4 Å². The molecule has 0 atom stereocenters. The highest BCUT2D eigenvalue weighted by molar-refractivity contribution is 5.91. The maximum atomic E-state index is 12.7. The van der Waals surface area contributed by atoms with Gasteiger partial charge in [0, 0.05) is 17.8 Å². The minimum absolute atomic E-state index is 0.191. The first-order valence-corrected chi connectivity index (χ1v) is 11.0. The monoisotopic (exact) mass is 463 g/mol. The van der Waals surface area contributed by atoms with Crippen molar-refractivity contribution >= 4 is 11.7 Å². The predicted octanol–water partition coefficient (Wildman–Crippen LogP) is 3.58. The number of hydrogen-bond acceptors (Lipinski definition) is 7. The maximum Gasteiger partial charge on any atom is 0.263 e. The van der Waals surface area contributed by atoms with Crippen LogP contribution in [0.5, 0.6) is 11.5 Å². The van der Waals surface area contributed by atoms with Gasteiger partial charge in [0.2, 0.25) is 5.95 Å². The lowest BCUT2D eigenvalue weighted by Gasteiger charge is -2.10. The molecule has 10 nitrogen and oxygen atoms in total. The van der Waals surface area contributed by atoms with Crippen molar-refractivity contribution in [2.24, 2.45) is 0 Å². The van der Waals surface area contributed by atoms with Crippen LogP contribution >= 0.6 is 0 Å². The Labute approximate surface area is 195 Å². The third-order valence-corrected chi connectivity index (χ3v) is 4.74. The summed E-state index contributed by atoms with van der Waals surface area (Å²) in [6.07, 6.45) is 3.00. The first kappa shape index (κ1) is 22.8. The zero-order valence-corrected chi connectivity index (χ0v) is 18.9. The summed E-state index contributed by atoms with van der Waals surface area (Å²) in [6.45, 7) is 4.25. The number of H-pyrrole nitrogens is 1. The average molecular weight is 463 g/mol. The van der Waals surface area contributed by atoms with Gasteiger partial charge in [0.25, 0.3) is 11.5 Å². The second-order valence-corrected chi connectivity index (χ2v) is 7.36. The van der Waals surface area contributed by atoms with Gasteiger partial charge in [0.1, 0.15) is 23.0 Å². The lowest BCUT2D eigenvalue weighted by atomic mass is 10.2. The highest BCUT2D eigenvalue weighted by Crippen LogP contribution is 2.24. The third-order valence-electron chi connectivity index (χ3n) is 4.74. The Morgan fingerprint density at radius 2 is 1.88 bits per heavy atom. The Morgan fingerprint density at radius 1 is 1.12 bits per heavy atom. The molecular formula is C24H25N5O5. The Kier molecular flexibility index (Phi) is 7.07. The smallest absolute Gasteiger partial charge is 0.263 e. The van der Waals surface area contributed by atoms with Gasteiger partial charge in [0.15, 0.2) is 12.4 Å². The second-order valence-electron chi connectivity index (χ2n) is 7.36. The van der Waals surface area contributed by atoms with Gasteiger partial charge in [-0.15, -0.1) is 0 Å². The van der Waals surface area contributed by atoms with Crippen LogP contribution in [0.4, 0.5) is 5.82 Å². The molecule has 4 rings (SSSR count). The Bertz CT molecular complexity index is 1290. The molecule has 0 spiro atoms. The molecule has 0 aliphatic rings. The van der Waals surface area contributed by atoms with Crippen molar-refractivity contribution < 1.29 is 18.7 Å². The minimum Gasteiger partial charge on any atom is -0.494 e. The Hall–Kier alpha value is -4.34. The van der Waals surface area contributed by atoms with Crippen molar-refractivity contribution in [2.75, 3.05) is 18.5 Å². The number of ether oxygens (including phenoxy) is 2. The molecule has 3 heterocycles. The van der Waals surface area contributed by atoms with Gasteiger partial charge in [-0.25, -0.2) is 4.98 Å². The first-order chi connectivity index (χ1) is 16.6. The fourth-order valence-corrected chi connectivity index (χ4v) is 3.28. The van der Waals surface area contributed by atoms with Crippen LogP contribution in [-0.4, -0.2) is 38.9 Å². The minimum atomic E-state index is -0.409. The molecule has 0 radical (unpaired) electrons. The van der Waals surface area contributed by atoms with Gasteiger partial charge in [0.05, 0.1) is 12.9 Å². The van der Waals surface area contributed by atoms with Crippen LogP contribution in [0.3, 0.4) is 0 Å². The summed E-state index contributed by atoms with van der Waals surface area (Å²) in [4.78, 5) is 32.0.